The van der Waals surface area contributed by atoms with Gasteiger partial charge in [0, 0.05) is 6.42 Å². The summed E-state index contributed by atoms with van der Waals surface area (Å²) in [4.78, 5) is 25.5. The molecule has 16 nitrogen and oxygen atoms in total. The molecule has 4 aromatic rings. The zero-order valence-corrected chi connectivity index (χ0v) is 33.6. The SMILES string of the molecule is CC(C)(C)[Si](OOC1OC(O)[C@@H](O)[C@@H](O)[C@@H]1O)(c1ccccc1)c1ccccc1.CC1OC(O)[C@@H](O)[C@@H](O)[C@@H]1O.CCc1ccc(C=O)o1.Cc1ccc(C=O)o1. The molecule has 2 aliphatic heterocycles. The van der Waals surface area contributed by atoms with Gasteiger partial charge in [-0.15, -0.1) is 0 Å². The van der Waals surface area contributed by atoms with Gasteiger partial charge in [0.2, 0.25) is 6.29 Å². The standard InChI is InChI=1S/C21H28O7Si.C7H8O2.C6H12O5.C6H6O2/c1-21(2,3)29(14-10-6-4-7-11-14,15-12-8-5-9-13-15)28-27-20-18(24)16(22)17(23)19(25)26-20;1-2-6-3-4-7(5-8)9-6;1-2-3(7)4(8)5(9)6(10)11-2;1-5-2-3-6(4-7)8-5/h4-13,16-20,22-25H,1-3H3;3-5H,2H2,1H3;2-10H,1H3;2-4H,1H3/t16-,17+,18+,19?,20?;;2?,3-,4+,5+,6?;/m1.1./s1. The first-order chi connectivity index (χ1) is 26.9. The summed E-state index contributed by atoms with van der Waals surface area (Å²) in [6, 6.07) is 26.3. The van der Waals surface area contributed by atoms with Gasteiger partial charge in [0.15, 0.2) is 36.7 Å². The monoisotopic (exact) mass is 818 g/mol. The van der Waals surface area contributed by atoms with E-state index in [-0.39, 0.29) is 5.04 Å². The highest BCUT2D eigenvalue weighted by molar-refractivity contribution is 6.99. The number of rotatable bonds is 8. The number of carbonyl (C=O) groups is 2. The summed E-state index contributed by atoms with van der Waals surface area (Å²) in [6.45, 7) is 11.4. The number of carbonyl (C=O) groups excluding carboxylic acids is 2. The van der Waals surface area contributed by atoms with E-state index in [1.54, 1.807) is 25.1 Å². The number of aryl methyl sites for hydroxylation is 2. The predicted octanol–water partition coefficient (Wildman–Crippen LogP) is 1.11. The Morgan fingerprint density at radius 3 is 1.51 bits per heavy atom. The Morgan fingerprint density at radius 2 is 1.11 bits per heavy atom. The first-order valence-electron chi connectivity index (χ1n) is 18.2. The molecule has 0 bridgehead atoms. The van der Waals surface area contributed by atoms with Crippen LogP contribution in [0.5, 0.6) is 0 Å². The quantitative estimate of drug-likeness (QED) is 0.0536. The van der Waals surface area contributed by atoms with Crippen molar-refractivity contribution in [2.75, 3.05) is 0 Å². The number of ether oxygens (including phenoxy) is 2. The van der Waals surface area contributed by atoms with Crippen molar-refractivity contribution in [1.82, 2.24) is 0 Å². The fraction of sp³-hybridized carbons (Fsp3) is 0.450. The van der Waals surface area contributed by atoms with Crippen LogP contribution in [0.15, 0.2) is 93.8 Å². The van der Waals surface area contributed by atoms with E-state index in [4.69, 9.17) is 43.5 Å². The molecule has 2 aliphatic rings. The topological polar surface area (TPSA) is 259 Å². The molecular weight excluding hydrogens is 765 g/mol. The average Bonchev–Trinajstić information content (AvgIpc) is 3.87. The molecule has 4 unspecified atom stereocenters. The third-order valence-electron chi connectivity index (χ3n) is 9.08. The van der Waals surface area contributed by atoms with Crippen LogP contribution in [0, 0.1) is 6.92 Å². The van der Waals surface area contributed by atoms with Crippen LogP contribution in [0.3, 0.4) is 0 Å². The molecule has 57 heavy (non-hydrogen) atoms. The Hall–Kier alpha value is -3.92. The molecule has 6 rings (SSSR count). The lowest BCUT2D eigenvalue weighted by Crippen LogP contribution is -2.67. The van der Waals surface area contributed by atoms with Crippen LogP contribution in [0.4, 0.5) is 0 Å². The summed E-state index contributed by atoms with van der Waals surface area (Å²) in [5, 5.41) is 77.1. The molecule has 0 aliphatic carbocycles. The summed E-state index contributed by atoms with van der Waals surface area (Å²) in [6.07, 6.45) is -11.8. The van der Waals surface area contributed by atoms with Gasteiger partial charge in [0.05, 0.1) is 6.10 Å². The lowest BCUT2D eigenvalue weighted by molar-refractivity contribution is -0.412. The fourth-order valence-electron chi connectivity index (χ4n) is 5.82. The van der Waals surface area contributed by atoms with Gasteiger partial charge in [-0.25, -0.2) is 4.89 Å². The molecule has 2 aromatic carbocycles. The van der Waals surface area contributed by atoms with Crippen LogP contribution in [-0.4, -0.2) is 123 Å². The van der Waals surface area contributed by atoms with Crippen LogP contribution in [-0.2, 0) is 25.4 Å². The number of furan rings is 2. The van der Waals surface area contributed by atoms with Crippen molar-refractivity contribution in [3.63, 3.8) is 0 Å². The molecule has 4 heterocycles. The minimum absolute atomic E-state index is 0.383. The van der Waals surface area contributed by atoms with E-state index < -0.39 is 69.9 Å². The molecule has 314 valence electrons. The van der Waals surface area contributed by atoms with E-state index >= 15 is 0 Å². The second kappa shape index (κ2) is 21.7. The molecule has 0 radical (unpaired) electrons. The summed E-state index contributed by atoms with van der Waals surface area (Å²) < 4.78 is 25.8. The Morgan fingerprint density at radius 1 is 0.632 bits per heavy atom. The van der Waals surface area contributed by atoms with Crippen LogP contribution in [0.2, 0.25) is 5.04 Å². The average molecular weight is 819 g/mol. The molecule has 10 atom stereocenters. The number of hydrogen-bond acceptors (Lipinski definition) is 16. The van der Waals surface area contributed by atoms with Crippen molar-refractivity contribution in [1.29, 1.82) is 0 Å². The highest BCUT2D eigenvalue weighted by atomic mass is 28.4. The fourth-order valence-corrected chi connectivity index (χ4v) is 9.89. The summed E-state index contributed by atoms with van der Waals surface area (Å²) >= 11 is 0. The second-order valence-corrected chi connectivity index (χ2v) is 18.4. The zero-order chi connectivity index (χ0) is 42.5. The highest BCUT2D eigenvalue weighted by Crippen LogP contribution is 2.37. The minimum Gasteiger partial charge on any atom is -0.459 e. The maximum Gasteiger partial charge on any atom is 0.305 e. The smallest absolute Gasteiger partial charge is 0.305 e. The van der Waals surface area contributed by atoms with Gasteiger partial charge < -0.3 is 59.2 Å². The maximum atomic E-state index is 10.2. The van der Waals surface area contributed by atoms with E-state index in [9.17, 15) is 30.0 Å². The molecule has 0 saturated carbocycles. The minimum atomic E-state index is -3.06. The Kier molecular flexibility index (Phi) is 18.1. The van der Waals surface area contributed by atoms with Gasteiger partial charge in [-0.3, -0.25) is 14.2 Å². The third-order valence-corrected chi connectivity index (χ3v) is 13.8. The Bertz CT molecular complexity index is 1710. The number of benzene rings is 2. The van der Waals surface area contributed by atoms with E-state index in [1.165, 1.54) is 6.92 Å². The van der Waals surface area contributed by atoms with Gasteiger partial charge in [-0.1, -0.05) is 88.4 Å². The van der Waals surface area contributed by atoms with Gasteiger partial charge in [0.1, 0.15) is 48.1 Å². The second-order valence-electron chi connectivity index (χ2n) is 14.3. The van der Waals surface area contributed by atoms with Gasteiger partial charge in [0.25, 0.3) is 0 Å². The summed E-state index contributed by atoms with van der Waals surface area (Å²) in [5.41, 5.74) is 0. The number of aliphatic hydroxyl groups is 8. The number of aldehydes is 2. The van der Waals surface area contributed by atoms with Crippen molar-refractivity contribution in [3.05, 3.63) is 108 Å². The molecule has 0 spiro atoms. The van der Waals surface area contributed by atoms with E-state index in [0.29, 0.717) is 24.1 Å². The first kappa shape index (κ1) is 47.5. The lowest BCUT2D eigenvalue weighted by Gasteiger charge is -2.43. The normalized spacial score (nSPS) is 27.3. The van der Waals surface area contributed by atoms with Gasteiger partial charge >= 0.3 is 8.32 Å². The van der Waals surface area contributed by atoms with Crippen LogP contribution in [0.25, 0.3) is 0 Å². The van der Waals surface area contributed by atoms with Crippen LogP contribution >= 0.6 is 0 Å². The zero-order valence-electron chi connectivity index (χ0n) is 32.6. The molecule has 8 N–H and O–H groups in total. The predicted molar refractivity (Wildman–Crippen MR) is 206 cm³/mol. The van der Waals surface area contributed by atoms with Gasteiger partial charge in [-0.05, 0) is 53.5 Å². The van der Waals surface area contributed by atoms with Crippen molar-refractivity contribution in [2.24, 2.45) is 0 Å². The first-order valence-corrected chi connectivity index (χ1v) is 20.1. The van der Waals surface area contributed by atoms with E-state index in [2.05, 4.69) is 4.74 Å². The summed E-state index contributed by atoms with van der Waals surface area (Å²) in [7, 11) is -3.06. The van der Waals surface area contributed by atoms with Gasteiger partial charge in [-0.2, -0.15) is 0 Å². The van der Waals surface area contributed by atoms with E-state index in [0.717, 1.165) is 28.3 Å². The summed E-state index contributed by atoms with van der Waals surface area (Å²) in [5.74, 6) is 2.43. The number of aliphatic hydroxyl groups excluding tert-OH is 8. The largest absolute Gasteiger partial charge is 0.459 e. The van der Waals surface area contributed by atoms with Crippen LogP contribution < -0.4 is 10.4 Å². The maximum absolute atomic E-state index is 10.2. The van der Waals surface area contributed by atoms with E-state index in [1.807, 2.05) is 94.4 Å². The van der Waals surface area contributed by atoms with Crippen molar-refractivity contribution < 1.29 is 78.2 Å². The Balaban J connectivity index is 0.000000250. The molecule has 2 fully saturated rings. The third kappa shape index (κ3) is 12.3. The molecule has 2 saturated heterocycles. The van der Waals surface area contributed by atoms with Crippen molar-refractivity contribution in [3.8, 4) is 0 Å². The highest BCUT2D eigenvalue weighted by Gasteiger charge is 2.54. The molecular formula is C40H54O16Si. The van der Waals surface area contributed by atoms with Crippen molar-refractivity contribution in [2.45, 2.75) is 115 Å². The molecule has 17 heteroatoms. The van der Waals surface area contributed by atoms with Crippen LogP contribution in [0.1, 0.15) is 67.2 Å². The lowest BCUT2D eigenvalue weighted by atomic mass is 10.0. The molecule has 2 aromatic heterocycles. The van der Waals surface area contributed by atoms with Crippen molar-refractivity contribution >= 4 is 31.3 Å². The Labute approximate surface area is 331 Å². The number of hydrogen-bond donors (Lipinski definition) is 8. The molecule has 0 amide bonds.